The van der Waals surface area contributed by atoms with Crippen LogP contribution in [0.5, 0.6) is 0 Å². The number of carbonyl (C=O) groups is 2. The molecule has 0 radical (unpaired) electrons. The molecule has 1 saturated heterocycles. The molecule has 3 atom stereocenters. The Hall–Kier alpha value is -2.74. The first-order chi connectivity index (χ1) is 13.0. The van der Waals surface area contributed by atoms with Crippen molar-refractivity contribution in [1.29, 1.82) is 0 Å². The molecule has 3 rings (SSSR count). The number of ether oxygens (including phenoxy) is 1. The Bertz CT molecular complexity index is 860. The number of carboxylic acid groups (broad SMARTS) is 1. The van der Waals surface area contributed by atoms with Crippen molar-refractivity contribution < 1.29 is 28.0 Å². The van der Waals surface area contributed by atoms with Crippen LogP contribution in [0.3, 0.4) is 0 Å². The van der Waals surface area contributed by atoms with Crippen molar-refractivity contribution in [3.05, 3.63) is 71.5 Å². The van der Waals surface area contributed by atoms with Gasteiger partial charge in [-0.05, 0) is 23.3 Å². The molecule has 142 valence electrons. The molecule has 1 aliphatic heterocycles. The van der Waals surface area contributed by atoms with Gasteiger partial charge in [-0.2, -0.15) is 0 Å². The third-order valence-corrected chi connectivity index (χ3v) is 5.67. The quantitative estimate of drug-likeness (QED) is 0.866. The standard InChI is InChI=1S/C19H18FNO5S/c20-15-8-4-7-14(9-15)16-11-27(25)12-17(18(22)23)21(16)19(24)26-10-13-5-2-1-3-6-13/h1-9,16-17H,10-12H2,(H,22,23). The fourth-order valence-electron chi connectivity index (χ4n) is 3.01. The van der Waals surface area contributed by atoms with E-state index < -0.39 is 40.8 Å². The van der Waals surface area contributed by atoms with E-state index in [4.69, 9.17) is 4.74 Å². The van der Waals surface area contributed by atoms with Crippen molar-refractivity contribution in [1.82, 2.24) is 4.90 Å². The van der Waals surface area contributed by atoms with Crippen LogP contribution in [0, 0.1) is 5.82 Å². The summed E-state index contributed by atoms with van der Waals surface area (Å²) in [7, 11) is -1.46. The summed E-state index contributed by atoms with van der Waals surface area (Å²) in [5.41, 5.74) is 1.13. The van der Waals surface area contributed by atoms with Gasteiger partial charge in [0.1, 0.15) is 18.5 Å². The van der Waals surface area contributed by atoms with Crippen LogP contribution in [-0.2, 0) is 26.9 Å². The van der Waals surface area contributed by atoms with Gasteiger partial charge in [-0.1, -0.05) is 42.5 Å². The van der Waals surface area contributed by atoms with Gasteiger partial charge in [0, 0.05) is 16.6 Å². The molecule has 1 amide bonds. The van der Waals surface area contributed by atoms with Gasteiger partial charge < -0.3 is 9.84 Å². The van der Waals surface area contributed by atoms with E-state index in [9.17, 15) is 23.3 Å². The second kappa shape index (κ2) is 8.30. The van der Waals surface area contributed by atoms with Gasteiger partial charge in [0.2, 0.25) is 0 Å². The van der Waals surface area contributed by atoms with Gasteiger partial charge in [-0.3, -0.25) is 9.11 Å². The highest BCUT2D eigenvalue weighted by Gasteiger charge is 2.43. The summed E-state index contributed by atoms with van der Waals surface area (Å²) in [5.74, 6) is -1.97. The molecule has 0 aromatic heterocycles. The summed E-state index contributed by atoms with van der Waals surface area (Å²) in [6.07, 6.45) is -0.836. The first-order valence-electron chi connectivity index (χ1n) is 8.28. The van der Waals surface area contributed by atoms with Crippen molar-refractivity contribution in [2.75, 3.05) is 11.5 Å². The topological polar surface area (TPSA) is 83.9 Å². The van der Waals surface area contributed by atoms with E-state index >= 15 is 0 Å². The Balaban J connectivity index is 1.88. The number of carbonyl (C=O) groups excluding carboxylic acids is 1. The van der Waals surface area contributed by atoms with Gasteiger partial charge in [0.05, 0.1) is 11.8 Å². The number of rotatable bonds is 4. The zero-order valence-corrected chi connectivity index (χ0v) is 15.1. The molecule has 8 heteroatoms. The van der Waals surface area contributed by atoms with Crippen LogP contribution in [0.15, 0.2) is 54.6 Å². The molecule has 6 nitrogen and oxygen atoms in total. The Labute approximate surface area is 158 Å². The molecule has 1 aliphatic rings. The van der Waals surface area contributed by atoms with E-state index in [0.717, 1.165) is 10.5 Å². The van der Waals surface area contributed by atoms with Crippen molar-refractivity contribution in [3.63, 3.8) is 0 Å². The number of hydrogen-bond acceptors (Lipinski definition) is 4. The predicted molar refractivity (Wildman–Crippen MR) is 96.9 cm³/mol. The summed E-state index contributed by atoms with van der Waals surface area (Å²) in [4.78, 5) is 25.4. The lowest BCUT2D eigenvalue weighted by atomic mass is 10.0. The number of nitrogens with zero attached hydrogens (tertiary/aromatic N) is 1. The molecule has 2 aromatic rings. The summed E-state index contributed by atoms with van der Waals surface area (Å²) >= 11 is 0. The van der Waals surface area contributed by atoms with Crippen molar-refractivity contribution in [3.8, 4) is 0 Å². The average molecular weight is 391 g/mol. The van der Waals surface area contributed by atoms with Crippen LogP contribution in [-0.4, -0.2) is 43.8 Å². The Morgan fingerprint density at radius 1 is 1.15 bits per heavy atom. The molecular weight excluding hydrogens is 373 g/mol. The Morgan fingerprint density at radius 2 is 1.89 bits per heavy atom. The second-order valence-electron chi connectivity index (χ2n) is 6.15. The fourth-order valence-corrected chi connectivity index (χ4v) is 4.50. The summed E-state index contributed by atoms with van der Waals surface area (Å²) in [6, 6.07) is 12.3. The van der Waals surface area contributed by atoms with Gasteiger partial charge in [0.25, 0.3) is 0 Å². The third kappa shape index (κ3) is 4.51. The number of amides is 1. The van der Waals surface area contributed by atoms with Crippen LogP contribution in [0.1, 0.15) is 17.2 Å². The summed E-state index contributed by atoms with van der Waals surface area (Å²) in [6.45, 7) is -0.0263. The molecule has 1 fully saturated rings. The van der Waals surface area contributed by atoms with E-state index in [1.807, 2.05) is 6.07 Å². The summed E-state index contributed by atoms with van der Waals surface area (Å²) < 4.78 is 31.1. The number of aliphatic carboxylic acids is 1. The number of benzene rings is 2. The monoisotopic (exact) mass is 391 g/mol. The van der Waals surface area contributed by atoms with Crippen LogP contribution in [0.25, 0.3) is 0 Å². The smallest absolute Gasteiger partial charge is 0.411 e. The minimum Gasteiger partial charge on any atom is -0.480 e. The zero-order valence-electron chi connectivity index (χ0n) is 14.3. The highest BCUT2D eigenvalue weighted by Crippen LogP contribution is 2.30. The molecule has 0 spiro atoms. The van der Waals surface area contributed by atoms with E-state index in [2.05, 4.69) is 0 Å². The number of hydrogen-bond donors (Lipinski definition) is 1. The number of halogens is 1. The Morgan fingerprint density at radius 3 is 2.56 bits per heavy atom. The van der Waals surface area contributed by atoms with Crippen molar-refractivity contribution in [2.24, 2.45) is 0 Å². The lowest BCUT2D eigenvalue weighted by molar-refractivity contribution is -0.142. The predicted octanol–water partition coefficient (Wildman–Crippen LogP) is 2.72. The zero-order chi connectivity index (χ0) is 19.4. The second-order valence-corrected chi connectivity index (χ2v) is 7.69. The minimum atomic E-state index is -1.46. The maximum atomic E-state index is 13.6. The van der Waals surface area contributed by atoms with Gasteiger partial charge in [-0.15, -0.1) is 0 Å². The van der Waals surface area contributed by atoms with Gasteiger partial charge >= 0.3 is 12.1 Å². The highest BCUT2D eigenvalue weighted by atomic mass is 32.2. The summed E-state index contributed by atoms with van der Waals surface area (Å²) in [5, 5.41) is 9.52. The molecule has 3 unspecified atom stereocenters. The van der Waals surface area contributed by atoms with Crippen LogP contribution in [0.2, 0.25) is 0 Å². The molecule has 2 aromatic carbocycles. The molecular formula is C19H18FNO5S. The SMILES string of the molecule is O=C(O)C1CS(=O)CC(c2cccc(F)c2)N1C(=O)OCc1ccccc1. The normalized spacial score (nSPS) is 22.3. The van der Waals surface area contributed by atoms with Crippen LogP contribution >= 0.6 is 0 Å². The molecule has 0 aliphatic carbocycles. The van der Waals surface area contributed by atoms with Crippen LogP contribution < -0.4 is 0 Å². The maximum absolute atomic E-state index is 13.6. The number of carboxylic acids is 1. The van der Waals surface area contributed by atoms with Gasteiger partial charge in [0.15, 0.2) is 0 Å². The van der Waals surface area contributed by atoms with E-state index in [0.29, 0.717) is 5.56 Å². The van der Waals surface area contributed by atoms with E-state index in [1.54, 1.807) is 30.3 Å². The van der Waals surface area contributed by atoms with Crippen molar-refractivity contribution in [2.45, 2.75) is 18.7 Å². The lowest BCUT2D eigenvalue weighted by Gasteiger charge is -2.38. The highest BCUT2D eigenvalue weighted by molar-refractivity contribution is 7.85. The lowest BCUT2D eigenvalue weighted by Crippen LogP contribution is -2.55. The largest absolute Gasteiger partial charge is 0.480 e. The molecule has 1 N–H and O–H groups in total. The average Bonchev–Trinajstić information content (AvgIpc) is 2.66. The van der Waals surface area contributed by atoms with Crippen LogP contribution in [0.4, 0.5) is 9.18 Å². The van der Waals surface area contributed by atoms with Crippen molar-refractivity contribution >= 4 is 22.9 Å². The van der Waals surface area contributed by atoms with Gasteiger partial charge in [-0.25, -0.2) is 14.0 Å². The fraction of sp³-hybridized carbons (Fsp3) is 0.263. The molecule has 0 saturated carbocycles. The molecule has 27 heavy (non-hydrogen) atoms. The third-order valence-electron chi connectivity index (χ3n) is 4.29. The maximum Gasteiger partial charge on any atom is 0.411 e. The minimum absolute atomic E-state index is 0.0215. The Kier molecular flexibility index (Phi) is 5.85. The van der Waals surface area contributed by atoms with E-state index in [-0.39, 0.29) is 18.1 Å². The molecule has 1 heterocycles. The molecule has 0 bridgehead atoms. The first kappa shape index (κ1) is 19.0. The van der Waals surface area contributed by atoms with E-state index in [1.165, 1.54) is 18.2 Å². The first-order valence-corrected chi connectivity index (χ1v) is 9.77.